The fourth-order valence-corrected chi connectivity index (χ4v) is 2.11. The fourth-order valence-electron chi connectivity index (χ4n) is 2.11. The molecular formula is C18H28O3. The van der Waals surface area contributed by atoms with Crippen molar-refractivity contribution in [1.29, 1.82) is 0 Å². The van der Waals surface area contributed by atoms with Gasteiger partial charge in [0.25, 0.3) is 0 Å². The Bertz CT molecular complexity index is 446. The summed E-state index contributed by atoms with van der Waals surface area (Å²) in [6, 6.07) is 7.71. The van der Waals surface area contributed by atoms with Crippen LogP contribution >= 0.6 is 0 Å². The van der Waals surface area contributed by atoms with Gasteiger partial charge >= 0.3 is 5.97 Å². The second kappa shape index (κ2) is 8.18. The summed E-state index contributed by atoms with van der Waals surface area (Å²) in [6.07, 6.45) is 2.84. The van der Waals surface area contributed by atoms with Gasteiger partial charge in [-0.3, -0.25) is 0 Å². The van der Waals surface area contributed by atoms with Crippen LogP contribution in [-0.2, 0) is 15.9 Å². The molecule has 1 aromatic rings. The third-order valence-electron chi connectivity index (χ3n) is 3.57. The van der Waals surface area contributed by atoms with E-state index in [1.54, 1.807) is 7.11 Å². The molecular weight excluding hydrogens is 264 g/mol. The molecule has 0 N–H and O–H groups in total. The first-order valence-electron chi connectivity index (χ1n) is 7.68. The van der Waals surface area contributed by atoms with Crippen molar-refractivity contribution in [3.05, 3.63) is 35.4 Å². The van der Waals surface area contributed by atoms with Gasteiger partial charge in [-0.25, -0.2) is 4.79 Å². The number of methoxy groups -OCH3 is 1. The molecule has 0 aromatic heterocycles. The van der Waals surface area contributed by atoms with Gasteiger partial charge < -0.3 is 9.47 Å². The molecule has 1 unspecified atom stereocenters. The van der Waals surface area contributed by atoms with Crippen molar-refractivity contribution in [2.45, 2.75) is 53.1 Å². The Hall–Kier alpha value is -1.35. The van der Waals surface area contributed by atoms with Gasteiger partial charge in [0.05, 0.1) is 12.2 Å². The predicted molar refractivity (Wildman–Crippen MR) is 85.6 cm³/mol. The van der Waals surface area contributed by atoms with E-state index in [2.05, 4.69) is 6.92 Å². The molecule has 1 aromatic carbocycles. The van der Waals surface area contributed by atoms with Crippen LogP contribution in [0.5, 0.6) is 0 Å². The minimum atomic E-state index is -0.255. The van der Waals surface area contributed by atoms with E-state index >= 15 is 0 Å². The van der Waals surface area contributed by atoms with Crippen molar-refractivity contribution in [2.75, 3.05) is 13.7 Å². The Morgan fingerprint density at radius 2 is 1.90 bits per heavy atom. The molecule has 0 heterocycles. The highest BCUT2D eigenvalue weighted by Gasteiger charge is 2.29. The van der Waals surface area contributed by atoms with E-state index < -0.39 is 0 Å². The number of ether oxygens (including phenoxy) is 2. The minimum absolute atomic E-state index is 0.149. The van der Waals surface area contributed by atoms with Crippen LogP contribution in [0.1, 0.15) is 56.5 Å². The van der Waals surface area contributed by atoms with Gasteiger partial charge in [-0.2, -0.15) is 0 Å². The number of benzene rings is 1. The molecule has 0 amide bonds. The number of hydrogen-bond donors (Lipinski definition) is 0. The van der Waals surface area contributed by atoms with Crippen LogP contribution in [0.25, 0.3) is 0 Å². The van der Waals surface area contributed by atoms with Crippen molar-refractivity contribution >= 4 is 5.97 Å². The van der Waals surface area contributed by atoms with Crippen molar-refractivity contribution in [2.24, 2.45) is 5.41 Å². The van der Waals surface area contributed by atoms with E-state index in [1.165, 1.54) is 0 Å². The first-order chi connectivity index (χ1) is 9.90. The quantitative estimate of drug-likeness (QED) is 0.705. The summed E-state index contributed by atoms with van der Waals surface area (Å²) in [5.41, 5.74) is 1.59. The first-order valence-corrected chi connectivity index (χ1v) is 7.68. The number of carbonyl (C=O) groups excluding carboxylic acids is 1. The molecule has 21 heavy (non-hydrogen) atoms. The maximum absolute atomic E-state index is 12.5. The average Bonchev–Trinajstić information content (AvgIpc) is 2.43. The topological polar surface area (TPSA) is 35.5 Å². The molecule has 0 radical (unpaired) electrons. The number of esters is 1. The molecule has 0 fully saturated rings. The van der Waals surface area contributed by atoms with Crippen molar-refractivity contribution in [1.82, 2.24) is 0 Å². The lowest BCUT2D eigenvalue weighted by Crippen LogP contribution is -2.35. The van der Waals surface area contributed by atoms with Crippen LogP contribution in [0.2, 0.25) is 0 Å². The largest absolute Gasteiger partial charge is 0.456 e. The second-order valence-corrected chi connectivity index (χ2v) is 6.48. The zero-order valence-electron chi connectivity index (χ0n) is 13.9. The number of unbranched alkanes of at least 4 members (excludes halogenated alkanes) is 1. The van der Waals surface area contributed by atoms with Crippen molar-refractivity contribution < 1.29 is 14.3 Å². The molecule has 0 saturated carbocycles. The van der Waals surface area contributed by atoms with Gasteiger partial charge in [0.1, 0.15) is 6.10 Å². The number of aryl methyl sites for hydroxylation is 1. The molecule has 0 aliphatic heterocycles. The normalized spacial score (nSPS) is 13.0. The van der Waals surface area contributed by atoms with Gasteiger partial charge in [-0.1, -0.05) is 52.3 Å². The monoisotopic (exact) mass is 292 g/mol. The van der Waals surface area contributed by atoms with Crippen LogP contribution in [0, 0.1) is 5.41 Å². The Morgan fingerprint density at radius 3 is 2.48 bits per heavy atom. The molecule has 118 valence electrons. The maximum Gasteiger partial charge on any atom is 0.338 e. The molecule has 3 heteroatoms. The summed E-state index contributed by atoms with van der Waals surface area (Å²) < 4.78 is 10.9. The number of hydrogen-bond acceptors (Lipinski definition) is 3. The predicted octanol–water partition coefficient (Wildman–Crippen LogP) is 4.25. The smallest absolute Gasteiger partial charge is 0.338 e. The van der Waals surface area contributed by atoms with E-state index in [0.29, 0.717) is 12.2 Å². The summed E-state index contributed by atoms with van der Waals surface area (Å²) in [4.78, 5) is 12.5. The zero-order valence-corrected chi connectivity index (χ0v) is 13.9. The second-order valence-electron chi connectivity index (χ2n) is 6.48. The van der Waals surface area contributed by atoms with Crippen LogP contribution in [0.4, 0.5) is 0 Å². The Labute approximate surface area is 128 Å². The Morgan fingerprint density at radius 1 is 1.24 bits per heavy atom. The van der Waals surface area contributed by atoms with E-state index in [0.717, 1.165) is 24.8 Å². The summed E-state index contributed by atoms with van der Waals surface area (Å²) >= 11 is 0. The van der Waals surface area contributed by atoms with E-state index in [-0.39, 0.29) is 17.5 Å². The van der Waals surface area contributed by atoms with Crippen LogP contribution in [0.3, 0.4) is 0 Å². The highest BCUT2D eigenvalue weighted by molar-refractivity contribution is 5.91. The first kappa shape index (κ1) is 17.7. The lowest BCUT2D eigenvalue weighted by atomic mass is 9.89. The Kier molecular flexibility index (Phi) is 6.90. The zero-order chi connectivity index (χ0) is 15.9. The standard InChI is InChI=1S/C18H28O3/c1-6-7-10-14-11-8-9-12-15(14)17(19)21-16(13-20-5)18(2,3)4/h8-9,11-12,16H,6-7,10,13H2,1-5H3. The third-order valence-corrected chi connectivity index (χ3v) is 3.57. The van der Waals surface area contributed by atoms with E-state index in [4.69, 9.17) is 9.47 Å². The molecule has 0 aliphatic rings. The lowest BCUT2D eigenvalue weighted by molar-refractivity contribution is -0.0352. The number of rotatable bonds is 7. The van der Waals surface area contributed by atoms with Gasteiger partial charge in [0, 0.05) is 12.5 Å². The summed E-state index contributed by atoms with van der Waals surface area (Å²) in [5.74, 6) is -0.251. The minimum Gasteiger partial charge on any atom is -0.456 e. The summed E-state index contributed by atoms with van der Waals surface area (Å²) in [6.45, 7) is 8.70. The SMILES string of the molecule is CCCCc1ccccc1C(=O)OC(COC)C(C)(C)C. The van der Waals surface area contributed by atoms with E-state index in [9.17, 15) is 4.79 Å². The highest BCUT2D eigenvalue weighted by Crippen LogP contribution is 2.24. The molecule has 3 nitrogen and oxygen atoms in total. The number of carbonyl (C=O) groups is 1. The van der Waals surface area contributed by atoms with Crippen molar-refractivity contribution in [3.8, 4) is 0 Å². The van der Waals surface area contributed by atoms with Crippen LogP contribution in [0.15, 0.2) is 24.3 Å². The van der Waals surface area contributed by atoms with Gasteiger partial charge in [0.15, 0.2) is 0 Å². The summed E-state index contributed by atoms with van der Waals surface area (Å²) in [5, 5.41) is 0. The highest BCUT2D eigenvalue weighted by atomic mass is 16.6. The molecule has 1 rings (SSSR count). The van der Waals surface area contributed by atoms with Crippen molar-refractivity contribution in [3.63, 3.8) is 0 Å². The van der Waals surface area contributed by atoms with Gasteiger partial charge in [-0.05, 0) is 24.5 Å². The fraction of sp³-hybridized carbons (Fsp3) is 0.611. The molecule has 0 bridgehead atoms. The molecule has 0 aliphatic carbocycles. The van der Waals surface area contributed by atoms with Crippen LogP contribution in [-0.4, -0.2) is 25.8 Å². The summed E-state index contributed by atoms with van der Waals surface area (Å²) in [7, 11) is 1.63. The average molecular weight is 292 g/mol. The lowest BCUT2D eigenvalue weighted by Gasteiger charge is -2.29. The maximum atomic E-state index is 12.5. The van der Waals surface area contributed by atoms with Gasteiger partial charge in [-0.15, -0.1) is 0 Å². The third kappa shape index (κ3) is 5.50. The Balaban J connectivity index is 2.87. The van der Waals surface area contributed by atoms with Crippen LogP contribution < -0.4 is 0 Å². The molecule has 0 saturated heterocycles. The van der Waals surface area contributed by atoms with Gasteiger partial charge in [0.2, 0.25) is 0 Å². The molecule has 1 atom stereocenters. The van der Waals surface area contributed by atoms with E-state index in [1.807, 2.05) is 45.0 Å². The molecule has 0 spiro atoms.